The van der Waals surface area contributed by atoms with Crippen molar-refractivity contribution in [3.8, 4) is 11.5 Å². The van der Waals surface area contributed by atoms with Gasteiger partial charge in [0.2, 0.25) is 0 Å². The van der Waals surface area contributed by atoms with Gasteiger partial charge in [0.15, 0.2) is 23.4 Å². The number of likely N-dealkylation sites (tertiary alicyclic amines) is 1. The van der Waals surface area contributed by atoms with Crippen LogP contribution in [0.25, 0.3) is 0 Å². The molecule has 118 valence electrons. The number of phenolic OH excluding ortho intramolecular Hbond substituents is 1. The van der Waals surface area contributed by atoms with E-state index in [2.05, 4.69) is 25.8 Å². The van der Waals surface area contributed by atoms with Crippen LogP contribution >= 0.6 is 0 Å². The number of phenols is 1. The number of ether oxygens (including phenoxy) is 1. The van der Waals surface area contributed by atoms with Crippen LogP contribution in [0.2, 0.25) is 0 Å². The topological polar surface area (TPSA) is 49.8 Å². The maximum atomic E-state index is 12.6. The maximum Gasteiger partial charge on any atom is 0.174 e. The van der Waals surface area contributed by atoms with Crippen molar-refractivity contribution in [3.63, 3.8) is 0 Å². The third kappa shape index (κ3) is 1.54. The second-order valence-corrected chi connectivity index (χ2v) is 7.23. The van der Waals surface area contributed by atoms with E-state index in [4.69, 9.17) is 4.74 Å². The van der Waals surface area contributed by atoms with Crippen molar-refractivity contribution in [1.82, 2.24) is 4.90 Å². The Morgan fingerprint density at radius 3 is 2.95 bits per heavy atom. The van der Waals surface area contributed by atoms with Crippen LogP contribution in [0.1, 0.15) is 37.3 Å². The fraction of sp³-hybridized carbons (Fsp3) is 0.611. The first-order valence-corrected chi connectivity index (χ1v) is 8.19. The number of piperidine rings is 1. The van der Waals surface area contributed by atoms with Gasteiger partial charge in [-0.1, -0.05) is 6.07 Å². The van der Waals surface area contributed by atoms with Gasteiger partial charge in [0.1, 0.15) is 0 Å². The van der Waals surface area contributed by atoms with E-state index in [0.29, 0.717) is 24.1 Å². The number of hydrogen-bond donors (Lipinski definition) is 1. The lowest BCUT2D eigenvalue weighted by Gasteiger charge is -2.53. The number of ketones is 1. The molecule has 4 heteroatoms. The van der Waals surface area contributed by atoms with Crippen LogP contribution in [0, 0.1) is 12.8 Å². The molecule has 1 saturated heterocycles. The average molecular weight is 301 g/mol. The number of aryl methyl sites for hydroxylation is 1. The number of nitrogens with zero attached hydrogens (tertiary/aromatic N) is 1. The molecule has 4 rings (SSSR count). The molecule has 2 aliphatic heterocycles. The number of fused-ring (bicyclic) bond motifs is 1. The molecule has 0 bridgehead atoms. The van der Waals surface area contributed by atoms with E-state index >= 15 is 0 Å². The standard InChI is InChI=1S/C18H23NO3/c1-10-4-6-13(20)16-15(10)18-8-9-19(3)11(2)12(18)5-7-14(21)17(18)22-16/h4,6,11-12,17,20H,5,7-9H2,1-3H3/t11-,12+,17+,18+/m1/s1. The summed E-state index contributed by atoms with van der Waals surface area (Å²) in [5.74, 6) is 1.32. The molecule has 4 nitrogen and oxygen atoms in total. The molecule has 0 unspecified atom stereocenters. The van der Waals surface area contributed by atoms with Gasteiger partial charge in [0.25, 0.3) is 0 Å². The number of Topliss-reactive ketones (excluding diaryl/α,β-unsaturated/α-hetero) is 1. The summed E-state index contributed by atoms with van der Waals surface area (Å²) < 4.78 is 6.06. The number of rotatable bonds is 0. The molecule has 4 atom stereocenters. The van der Waals surface area contributed by atoms with E-state index in [9.17, 15) is 9.90 Å². The zero-order chi connectivity index (χ0) is 15.6. The Morgan fingerprint density at radius 2 is 2.18 bits per heavy atom. The molecule has 1 saturated carbocycles. The van der Waals surface area contributed by atoms with Gasteiger partial charge in [-0.3, -0.25) is 4.79 Å². The molecule has 0 aromatic heterocycles. The highest BCUT2D eigenvalue weighted by molar-refractivity contribution is 5.88. The Kier molecular flexibility index (Phi) is 2.86. The summed E-state index contributed by atoms with van der Waals surface area (Å²) in [6.07, 6.45) is 2.01. The Morgan fingerprint density at radius 1 is 1.41 bits per heavy atom. The van der Waals surface area contributed by atoms with E-state index in [-0.39, 0.29) is 16.9 Å². The minimum atomic E-state index is -0.413. The highest BCUT2D eigenvalue weighted by atomic mass is 16.5. The van der Waals surface area contributed by atoms with Gasteiger partial charge in [-0.25, -0.2) is 0 Å². The molecule has 2 fully saturated rings. The van der Waals surface area contributed by atoms with Gasteiger partial charge >= 0.3 is 0 Å². The van der Waals surface area contributed by atoms with E-state index in [0.717, 1.165) is 30.5 Å². The summed E-state index contributed by atoms with van der Waals surface area (Å²) in [6.45, 7) is 5.28. The molecule has 1 spiro atoms. The van der Waals surface area contributed by atoms with Crippen LogP contribution in [0.4, 0.5) is 0 Å². The summed E-state index contributed by atoms with van der Waals surface area (Å²) in [6, 6.07) is 4.05. The molecule has 0 amide bonds. The van der Waals surface area contributed by atoms with Gasteiger partial charge < -0.3 is 14.7 Å². The highest BCUT2D eigenvalue weighted by Gasteiger charge is 2.62. The lowest BCUT2D eigenvalue weighted by Crippen LogP contribution is -2.62. The normalized spacial score (nSPS) is 37.2. The molecule has 22 heavy (non-hydrogen) atoms. The molecule has 1 N–H and O–H groups in total. The van der Waals surface area contributed by atoms with Crippen LogP contribution < -0.4 is 4.74 Å². The summed E-state index contributed by atoms with van der Waals surface area (Å²) in [5.41, 5.74) is 1.97. The number of benzene rings is 1. The summed E-state index contributed by atoms with van der Waals surface area (Å²) in [7, 11) is 2.16. The van der Waals surface area contributed by atoms with Crippen molar-refractivity contribution >= 4 is 5.78 Å². The SMILES string of the molecule is Cc1ccc(O)c2c1[C@]13CCN(C)[C@H](C)[C@@H]1CCC(=O)[C@@H]3O2. The van der Waals surface area contributed by atoms with Crippen molar-refractivity contribution in [3.05, 3.63) is 23.3 Å². The quantitative estimate of drug-likeness (QED) is 0.799. The summed E-state index contributed by atoms with van der Waals surface area (Å²) in [5, 5.41) is 10.2. The van der Waals surface area contributed by atoms with Crippen LogP contribution in [0.3, 0.4) is 0 Å². The maximum absolute atomic E-state index is 12.6. The minimum Gasteiger partial charge on any atom is -0.504 e. The van der Waals surface area contributed by atoms with E-state index in [1.807, 2.05) is 6.07 Å². The third-order valence-electron chi connectivity index (χ3n) is 6.33. The predicted molar refractivity (Wildman–Crippen MR) is 83.4 cm³/mol. The predicted octanol–water partition coefficient (Wildman–Crippen LogP) is 2.40. The molecule has 1 aliphatic carbocycles. The van der Waals surface area contributed by atoms with E-state index in [1.54, 1.807) is 6.07 Å². The lowest BCUT2D eigenvalue weighted by molar-refractivity contribution is -0.137. The fourth-order valence-corrected chi connectivity index (χ4v) is 5.13. The van der Waals surface area contributed by atoms with Gasteiger partial charge in [-0.2, -0.15) is 0 Å². The van der Waals surface area contributed by atoms with Crippen LogP contribution in [-0.2, 0) is 10.2 Å². The first kappa shape index (κ1) is 14.1. The molecule has 3 aliphatic rings. The Balaban J connectivity index is 1.96. The second-order valence-electron chi connectivity index (χ2n) is 7.23. The third-order valence-corrected chi connectivity index (χ3v) is 6.33. The molecule has 1 aromatic rings. The second kappa shape index (κ2) is 4.48. The first-order valence-electron chi connectivity index (χ1n) is 8.19. The Hall–Kier alpha value is -1.55. The van der Waals surface area contributed by atoms with Gasteiger partial charge in [-0.05, 0) is 57.8 Å². The van der Waals surface area contributed by atoms with Crippen molar-refractivity contribution < 1.29 is 14.6 Å². The zero-order valence-corrected chi connectivity index (χ0v) is 13.4. The molecular weight excluding hydrogens is 278 g/mol. The van der Waals surface area contributed by atoms with Gasteiger partial charge in [0.05, 0.1) is 0 Å². The number of carbonyl (C=O) groups is 1. The smallest absolute Gasteiger partial charge is 0.174 e. The molecule has 0 radical (unpaired) electrons. The minimum absolute atomic E-state index is 0.169. The van der Waals surface area contributed by atoms with Crippen molar-refractivity contribution in [2.75, 3.05) is 13.6 Å². The monoisotopic (exact) mass is 301 g/mol. The number of carbonyl (C=O) groups excluding carboxylic acids is 1. The van der Waals surface area contributed by atoms with Crippen LogP contribution in [0.5, 0.6) is 11.5 Å². The van der Waals surface area contributed by atoms with Crippen LogP contribution in [0.15, 0.2) is 12.1 Å². The molecular formula is C18H23NO3. The van der Waals surface area contributed by atoms with Crippen molar-refractivity contribution in [1.29, 1.82) is 0 Å². The highest BCUT2D eigenvalue weighted by Crippen LogP contribution is 2.59. The van der Waals surface area contributed by atoms with Gasteiger partial charge in [-0.15, -0.1) is 0 Å². The number of hydrogen-bond acceptors (Lipinski definition) is 4. The first-order chi connectivity index (χ1) is 10.5. The van der Waals surface area contributed by atoms with Crippen molar-refractivity contribution in [2.24, 2.45) is 5.92 Å². The van der Waals surface area contributed by atoms with E-state index < -0.39 is 6.10 Å². The Bertz CT molecular complexity index is 656. The molecule has 1 aromatic carbocycles. The summed E-state index contributed by atoms with van der Waals surface area (Å²) >= 11 is 0. The van der Waals surface area contributed by atoms with Crippen molar-refractivity contribution in [2.45, 2.75) is 50.7 Å². The Labute approximate surface area is 131 Å². The zero-order valence-electron chi connectivity index (χ0n) is 13.4. The number of aromatic hydroxyl groups is 1. The fourth-order valence-electron chi connectivity index (χ4n) is 5.13. The van der Waals surface area contributed by atoms with Gasteiger partial charge in [0, 0.05) is 23.4 Å². The van der Waals surface area contributed by atoms with Crippen LogP contribution in [-0.4, -0.2) is 41.5 Å². The lowest BCUT2D eigenvalue weighted by atomic mass is 9.55. The largest absolute Gasteiger partial charge is 0.504 e. The van der Waals surface area contributed by atoms with E-state index in [1.165, 1.54) is 0 Å². The average Bonchev–Trinajstić information content (AvgIpc) is 2.85. The molecule has 2 heterocycles. The summed E-state index contributed by atoms with van der Waals surface area (Å²) in [4.78, 5) is 15.0.